The summed E-state index contributed by atoms with van der Waals surface area (Å²) in [6, 6.07) is 17.3. The maximum Gasteiger partial charge on any atom is 0.332 e. The van der Waals surface area contributed by atoms with Crippen LogP contribution in [0.25, 0.3) is 11.2 Å². The van der Waals surface area contributed by atoms with E-state index in [0.717, 1.165) is 21.4 Å². The van der Waals surface area contributed by atoms with Crippen molar-refractivity contribution in [3.8, 4) is 0 Å². The molecule has 0 saturated heterocycles. The molecule has 9 heteroatoms. The number of halogens is 1. The van der Waals surface area contributed by atoms with E-state index in [0.29, 0.717) is 35.2 Å². The van der Waals surface area contributed by atoms with Crippen molar-refractivity contribution in [3.05, 3.63) is 91.6 Å². The van der Waals surface area contributed by atoms with Gasteiger partial charge in [-0.3, -0.25) is 18.5 Å². The standard InChI is InChI=1S/C22H19ClN6O2/c1-26-19-18(20(30)27(2)22(26)31)28-13-17(15-8-10-16(23)11-9-15)25-29(21(28)24-19)12-14-6-4-3-5-7-14/h3-11H,12-13H2,1-2H3. The zero-order valence-corrected chi connectivity index (χ0v) is 17.7. The number of aromatic nitrogens is 4. The lowest BCUT2D eigenvalue weighted by molar-refractivity contribution is 0.699. The molecule has 0 radical (unpaired) electrons. The molecule has 4 aromatic rings. The molecule has 5 rings (SSSR count). The second-order valence-electron chi connectivity index (χ2n) is 7.47. The summed E-state index contributed by atoms with van der Waals surface area (Å²) in [5.74, 6) is 0.523. The Labute approximate surface area is 182 Å². The highest BCUT2D eigenvalue weighted by molar-refractivity contribution is 6.30. The number of hydrogen-bond donors (Lipinski definition) is 0. The van der Waals surface area contributed by atoms with Gasteiger partial charge in [-0.1, -0.05) is 54.1 Å². The molecule has 1 aliphatic heterocycles. The third kappa shape index (κ3) is 3.16. The molecule has 0 N–H and O–H groups in total. The lowest BCUT2D eigenvalue weighted by Gasteiger charge is -2.26. The first kappa shape index (κ1) is 19.3. The number of fused-ring (bicyclic) bond motifs is 3. The summed E-state index contributed by atoms with van der Waals surface area (Å²) in [7, 11) is 3.09. The van der Waals surface area contributed by atoms with E-state index >= 15 is 0 Å². The van der Waals surface area contributed by atoms with Crippen LogP contribution in [0, 0.1) is 0 Å². The molecule has 3 heterocycles. The van der Waals surface area contributed by atoms with Gasteiger partial charge in [-0.2, -0.15) is 10.1 Å². The van der Waals surface area contributed by atoms with Crippen molar-refractivity contribution in [2.75, 3.05) is 5.01 Å². The fraction of sp³-hybridized carbons (Fsp3) is 0.182. The number of nitrogens with zero attached hydrogens (tertiary/aromatic N) is 6. The zero-order valence-electron chi connectivity index (χ0n) is 17.0. The van der Waals surface area contributed by atoms with Crippen molar-refractivity contribution in [3.63, 3.8) is 0 Å². The first-order chi connectivity index (χ1) is 14.9. The highest BCUT2D eigenvalue weighted by Gasteiger charge is 2.27. The Morgan fingerprint density at radius 3 is 2.39 bits per heavy atom. The molecule has 31 heavy (non-hydrogen) atoms. The Morgan fingerprint density at radius 1 is 0.968 bits per heavy atom. The van der Waals surface area contributed by atoms with Crippen LogP contribution in [0.3, 0.4) is 0 Å². The van der Waals surface area contributed by atoms with Crippen LogP contribution in [0.15, 0.2) is 69.3 Å². The van der Waals surface area contributed by atoms with Gasteiger partial charge in [-0.15, -0.1) is 0 Å². The van der Waals surface area contributed by atoms with Crippen LogP contribution in [0.4, 0.5) is 5.95 Å². The second-order valence-corrected chi connectivity index (χ2v) is 7.91. The Kier molecular flexibility index (Phi) is 4.51. The van der Waals surface area contributed by atoms with E-state index in [1.54, 1.807) is 12.1 Å². The molecule has 2 aromatic carbocycles. The number of rotatable bonds is 3. The summed E-state index contributed by atoms with van der Waals surface area (Å²) in [6.45, 7) is 0.821. The van der Waals surface area contributed by atoms with E-state index in [9.17, 15) is 9.59 Å². The third-order valence-corrected chi connectivity index (χ3v) is 5.71. The molecule has 0 spiro atoms. The smallest absolute Gasteiger partial charge is 0.297 e. The summed E-state index contributed by atoms with van der Waals surface area (Å²) < 4.78 is 4.33. The third-order valence-electron chi connectivity index (χ3n) is 5.46. The summed E-state index contributed by atoms with van der Waals surface area (Å²) in [5.41, 5.74) is 2.64. The van der Waals surface area contributed by atoms with Gasteiger partial charge >= 0.3 is 5.69 Å². The summed E-state index contributed by atoms with van der Waals surface area (Å²) in [5, 5.41) is 7.25. The fourth-order valence-electron chi connectivity index (χ4n) is 3.81. The lowest BCUT2D eigenvalue weighted by atomic mass is 10.1. The van der Waals surface area contributed by atoms with E-state index in [4.69, 9.17) is 16.7 Å². The van der Waals surface area contributed by atoms with Crippen molar-refractivity contribution in [1.82, 2.24) is 18.7 Å². The molecule has 1 aliphatic rings. The van der Waals surface area contributed by atoms with Gasteiger partial charge in [0.25, 0.3) is 5.56 Å². The molecule has 0 atom stereocenters. The van der Waals surface area contributed by atoms with Crippen molar-refractivity contribution in [1.29, 1.82) is 0 Å². The molecule has 0 saturated carbocycles. The van der Waals surface area contributed by atoms with Crippen LogP contribution in [0.2, 0.25) is 5.02 Å². The molecule has 2 aromatic heterocycles. The van der Waals surface area contributed by atoms with Crippen molar-refractivity contribution < 1.29 is 0 Å². The number of anilines is 1. The average molecular weight is 435 g/mol. The van der Waals surface area contributed by atoms with Gasteiger partial charge in [0.05, 0.1) is 18.8 Å². The fourth-order valence-corrected chi connectivity index (χ4v) is 3.93. The predicted molar refractivity (Wildman–Crippen MR) is 121 cm³/mol. The minimum absolute atomic E-state index is 0.341. The van der Waals surface area contributed by atoms with Gasteiger partial charge in [0, 0.05) is 19.1 Å². The second kappa shape index (κ2) is 7.24. The number of hydrogen-bond acceptors (Lipinski definition) is 5. The lowest BCUT2D eigenvalue weighted by Crippen LogP contribution is -2.38. The monoisotopic (exact) mass is 434 g/mol. The number of hydrazone groups is 1. The summed E-state index contributed by atoms with van der Waals surface area (Å²) in [6.07, 6.45) is 0. The maximum atomic E-state index is 13.0. The minimum Gasteiger partial charge on any atom is -0.297 e. The molecule has 156 valence electrons. The Balaban J connectivity index is 1.73. The van der Waals surface area contributed by atoms with Gasteiger partial charge in [-0.25, -0.2) is 9.80 Å². The van der Waals surface area contributed by atoms with E-state index < -0.39 is 5.69 Å². The SMILES string of the molecule is Cn1c(=O)c2c(nc3n2CC(c2ccc(Cl)cc2)=NN3Cc2ccccc2)n(C)c1=O. The van der Waals surface area contributed by atoms with E-state index in [-0.39, 0.29) is 5.56 Å². The van der Waals surface area contributed by atoms with Crippen LogP contribution >= 0.6 is 11.6 Å². The van der Waals surface area contributed by atoms with Crippen molar-refractivity contribution in [2.24, 2.45) is 19.2 Å². The van der Waals surface area contributed by atoms with Crippen LogP contribution in [0.5, 0.6) is 0 Å². The topological polar surface area (TPSA) is 77.4 Å². The largest absolute Gasteiger partial charge is 0.332 e. The molecule has 0 aliphatic carbocycles. The Morgan fingerprint density at radius 2 is 1.68 bits per heavy atom. The number of benzene rings is 2. The van der Waals surface area contributed by atoms with Crippen LogP contribution in [0.1, 0.15) is 11.1 Å². The van der Waals surface area contributed by atoms with Gasteiger partial charge in [0.15, 0.2) is 11.2 Å². The van der Waals surface area contributed by atoms with Gasteiger partial charge in [-0.05, 0) is 23.3 Å². The summed E-state index contributed by atoms with van der Waals surface area (Å²) in [4.78, 5) is 30.1. The minimum atomic E-state index is -0.415. The normalized spacial score (nSPS) is 13.4. The Hall–Kier alpha value is -3.65. The molecule has 0 amide bonds. The van der Waals surface area contributed by atoms with Crippen LogP contribution < -0.4 is 16.3 Å². The Bertz CT molecular complexity index is 1450. The molecular weight excluding hydrogens is 416 g/mol. The number of imidazole rings is 1. The van der Waals surface area contributed by atoms with Crippen molar-refractivity contribution >= 4 is 34.4 Å². The maximum absolute atomic E-state index is 13.0. The summed E-state index contributed by atoms with van der Waals surface area (Å²) >= 11 is 6.06. The van der Waals surface area contributed by atoms with Crippen molar-refractivity contribution in [2.45, 2.75) is 13.1 Å². The van der Waals surface area contributed by atoms with Crippen LogP contribution in [-0.2, 0) is 27.2 Å². The van der Waals surface area contributed by atoms with Gasteiger partial charge in [0.1, 0.15) is 0 Å². The molecule has 0 bridgehead atoms. The predicted octanol–water partition coefficient (Wildman–Crippen LogP) is 2.51. The van der Waals surface area contributed by atoms with E-state index in [1.807, 2.05) is 59.2 Å². The quantitative estimate of drug-likeness (QED) is 0.496. The molecule has 0 fully saturated rings. The number of aryl methyl sites for hydroxylation is 1. The average Bonchev–Trinajstić information content (AvgIpc) is 3.17. The van der Waals surface area contributed by atoms with E-state index in [1.165, 1.54) is 11.6 Å². The molecule has 0 unspecified atom stereocenters. The zero-order chi connectivity index (χ0) is 21.7. The van der Waals surface area contributed by atoms with Gasteiger partial charge in [0.2, 0.25) is 5.95 Å². The highest BCUT2D eigenvalue weighted by Crippen LogP contribution is 2.27. The highest BCUT2D eigenvalue weighted by atomic mass is 35.5. The first-order valence-electron chi connectivity index (χ1n) is 9.75. The van der Waals surface area contributed by atoms with Gasteiger partial charge < -0.3 is 0 Å². The van der Waals surface area contributed by atoms with Crippen LogP contribution in [-0.4, -0.2) is 24.4 Å². The first-order valence-corrected chi connectivity index (χ1v) is 10.1. The van der Waals surface area contributed by atoms with E-state index in [2.05, 4.69) is 4.98 Å². The molecule has 8 nitrogen and oxygen atoms in total. The molecular formula is C22H19ClN6O2.